The van der Waals surface area contributed by atoms with Crippen LogP contribution in [-0.4, -0.2) is 54.0 Å². The molecule has 2 amide bonds. The molecule has 1 aliphatic heterocycles. The Morgan fingerprint density at radius 3 is 2.55 bits per heavy atom. The first-order valence-electron chi connectivity index (χ1n) is 9.99. The van der Waals surface area contributed by atoms with Crippen LogP contribution < -0.4 is 9.47 Å². The predicted molar refractivity (Wildman–Crippen MR) is 125 cm³/mol. The smallest absolute Gasteiger partial charge is 0.335 e. The first kappa shape index (κ1) is 24.6. The molecule has 2 aromatic rings. The van der Waals surface area contributed by atoms with Crippen LogP contribution in [0, 0.1) is 0 Å². The molecule has 174 valence electrons. The largest absolute Gasteiger partial charge is 0.490 e. The molecule has 0 radical (unpaired) electrons. The van der Waals surface area contributed by atoms with E-state index in [-0.39, 0.29) is 46.4 Å². The normalized spacial score (nSPS) is 14.8. The summed E-state index contributed by atoms with van der Waals surface area (Å²) in [4.78, 5) is 37.1. The minimum Gasteiger partial charge on any atom is -0.490 e. The summed E-state index contributed by atoms with van der Waals surface area (Å²) in [6.07, 6.45) is 1.58. The number of nitrogens with zero attached hydrogens (tertiary/aromatic N) is 1. The van der Waals surface area contributed by atoms with Gasteiger partial charge < -0.3 is 19.3 Å². The maximum absolute atomic E-state index is 12.5. The molecule has 0 unspecified atom stereocenters. The van der Waals surface area contributed by atoms with Gasteiger partial charge in [-0.1, -0.05) is 23.7 Å². The Morgan fingerprint density at radius 2 is 1.91 bits per heavy atom. The molecule has 8 nitrogen and oxygen atoms in total. The average Bonchev–Trinajstić information content (AvgIpc) is 3.04. The maximum atomic E-state index is 12.5. The van der Waals surface area contributed by atoms with E-state index >= 15 is 0 Å². The van der Waals surface area contributed by atoms with E-state index in [0.717, 1.165) is 22.2 Å². The van der Waals surface area contributed by atoms with Gasteiger partial charge in [-0.25, -0.2) is 4.79 Å². The number of amides is 2. The van der Waals surface area contributed by atoms with Crippen LogP contribution >= 0.6 is 23.4 Å². The summed E-state index contributed by atoms with van der Waals surface area (Å²) in [6, 6.07) is 9.61. The van der Waals surface area contributed by atoms with E-state index in [1.54, 1.807) is 30.3 Å². The van der Waals surface area contributed by atoms with Gasteiger partial charge in [-0.05, 0) is 60.2 Å². The second-order valence-electron chi connectivity index (χ2n) is 6.88. The summed E-state index contributed by atoms with van der Waals surface area (Å²) in [5, 5.41) is 8.93. The molecule has 0 aliphatic carbocycles. The summed E-state index contributed by atoms with van der Waals surface area (Å²) in [6.45, 7) is 2.77. The van der Waals surface area contributed by atoms with Gasteiger partial charge in [-0.2, -0.15) is 0 Å². The SMILES string of the molecule is CCOc1cc(/C=C2/SC(=O)N(CCOC)C2=O)cc(Cl)c1OCc1ccc(C(=O)O)cc1. The van der Waals surface area contributed by atoms with Crippen molar-refractivity contribution in [3.63, 3.8) is 0 Å². The molecule has 0 aromatic heterocycles. The lowest BCUT2D eigenvalue weighted by Gasteiger charge is -2.15. The number of thioether (sulfide) groups is 1. The van der Waals surface area contributed by atoms with Crippen molar-refractivity contribution in [2.45, 2.75) is 13.5 Å². The van der Waals surface area contributed by atoms with Gasteiger partial charge in [-0.15, -0.1) is 0 Å². The highest BCUT2D eigenvalue weighted by Crippen LogP contribution is 2.39. The summed E-state index contributed by atoms with van der Waals surface area (Å²) in [7, 11) is 1.50. The summed E-state index contributed by atoms with van der Waals surface area (Å²) in [5.41, 5.74) is 1.52. The topological polar surface area (TPSA) is 102 Å². The van der Waals surface area contributed by atoms with E-state index in [2.05, 4.69) is 0 Å². The Balaban J connectivity index is 1.81. The number of aromatic carboxylic acids is 1. The lowest BCUT2D eigenvalue weighted by molar-refractivity contribution is -0.123. The number of rotatable bonds is 10. The molecule has 0 atom stereocenters. The van der Waals surface area contributed by atoms with Crippen molar-refractivity contribution in [3.8, 4) is 11.5 Å². The van der Waals surface area contributed by atoms with Crippen LogP contribution in [0.2, 0.25) is 5.02 Å². The van der Waals surface area contributed by atoms with Crippen molar-refractivity contribution in [1.29, 1.82) is 0 Å². The molecule has 0 bridgehead atoms. The third-order valence-electron chi connectivity index (χ3n) is 4.61. The van der Waals surface area contributed by atoms with E-state index < -0.39 is 5.97 Å². The Hall–Kier alpha value is -3.01. The van der Waals surface area contributed by atoms with Crippen LogP contribution in [-0.2, 0) is 16.1 Å². The van der Waals surface area contributed by atoms with E-state index in [0.29, 0.717) is 23.7 Å². The van der Waals surface area contributed by atoms with Gasteiger partial charge in [0.1, 0.15) is 6.61 Å². The van der Waals surface area contributed by atoms with Crippen molar-refractivity contribution in [3.05, 3.63) is 63.0 Å². The Bertz CT molecular complexity index is 1080. The number of carbonyl (C=O) groups is 3. The molecule has 10 heteroatoms. The van der Waals surface area contributed by atoms with E-state index in [1.165, 1.54) is 19.2 Å². The second-order valence-corrected chi connectivity index (χ2v) is 8.28. The fraction of sp³-hybridized carbons (Fsp3) is 0.261. The minimum atomic E-state index is -1.00. The molecule has 1 N–H and O–H groups in total. The fourth-order valence-corrected chi connectivity index (χ4v) is 4.14. The predicted octanol–water partition coefficient (Wildman–Crippen LogP) is 4.70. The molecule has 0 saturated carbocycles. The van der Waals surface area contributed by atoms with E-state index in [9.17, 15) is 14.4 Å². The van der Waals surface area contributed by atoms with Crippen LogP contribution in [0.1, 0.15) is 28.4 Å². The molecular weight excluding hydrogens is 470 g/mol. The number of carbonyl (C=O) groups excluding carboxylic acids is 2. The van der Waals surface area contributed by atoms with Crippen molar-refractivity contribution in [1.82, 2.24) is 4.90 Å². The lowest BCUT2D eigenvalue weighted by Crippen LogP contribution is -2.31. The van der Waals surface area contributed by atoms with Gasteiger partial charge in [0.15, 0.2) is 11.5 Å². The highest BCUT2D eigenvalue weighted by molar-refractivity contribution is 8.18. The zero-order valence-corrected chi connectivity index (χ0v) is 19.6. The van der Waals surface area contributed by atoms with E-state index in [4.69, 9.17) is 30.9 Å². The maximum Gasteiger partial charge on any atom is 0.335 e. The minimum absolute atomic E-state index is 0.150. The van der Waals surface area contributed by atoms with Crippen LogP contribution in [0.4, 0.5) is 4.79 Å². The number of hydrogen-bond donors (Lipinski definition) is 1. The van der Waals surface area contributed by atoms with Crippen molar-refractivity contribution in [2.75, 3.05) is 26.9 Å². The van der Waals surface area contributed by atoms with Gasteiger partial charge in [0.25, 0.3) is 11.1 Å². The summed E-state index contributed by atoms with van der Waals surface area (Å²) < 4.78 is 16.5. The first-order valence-corrected chi connectivity index (χ1v) is 11.2. The highest BCUT2D eigenvalue weighted by atomic mass is 35.5. The molecule has 0 spiro atoms. The van der Waals surface area contributed by atoms with Gasteiger partial charge in [-0.3, -0.25) is 14.5 Å². The number of ether oxygens (including phenoxy) is 3. The zero-order valence-electron chi connectivity index (χ0n) is 18.0. The Morgan fingerprint density at radius 1 is 1.18 bits per heavy atom. The third-order valence-corrected chi connectivity index (χ3v) is 5.79. The van der Waals surface area contributed by atoms with Crippen LogP contribution in [0.15, 0.2) is 41.3 Å². The quantitative estimate of drug-likeness (QED) is 0.477. The first-order chi connectivity index (χ1) is 15.8. The van der Waals surface area contributed by atoms with Crippen molar-refractivity contribution < 1.29 is 33.7 Å². The van der Waals surface area contributed by atoms with Crippen molar-refractivity contribution >= 4 is 46.6 Å². The average molecular weight is 492 g/mol. The number of imide groups is 1. The highest BCUT2D eigenvalue weighted by Gasteiger charge is 2.34. The van der Waals surface area contributed by atoms with E-state index in [1.807, 2.05) is 6.92 Å². The van der Waals surface area contributed by atoms with Gasteiger partial charge in [0.05, 0.1) is 35.2 Å². The lowest BCUT2D eigenvalue weighted by atomic mass is 10.1. The standard InChI is InChI=1S/C23H22ClNO7S/c1-3-31-18-11-15(12-19-21(26)25(8-9-30-2)23(29)33-19)10-17(24)20(18)32-13-14-4-6-16(7-5-14)22(27)28/h4-7,10-12H,3,8-9,13H2,1-2H3,(H,27,28)/b19-12+. The molecule has 1 heterocycles. The third kappa shape index (κ3) is 6.07. The summed E-state index contributed by atoms with van der Waals surface area (Å²) >= 11 is 7.31. The number of carboxylic acids is 1. The molecule has 1 aliphatic rings. The van der Waals surface area contributed by atoms with Crippen LogP contribution in [0.3, 0.4) is 0 Å². The number of halogens is 1. The van der Waals surface area contributed by atoms with Gasteiger partial charge in [0, 0.05) is 7.11 Å². The van der Waals surface area contributed by atoms with Gasteiger partial charge in [0.2, 0.25) is 0 Å². The molecule has 1 saturated heterocycles. The molecule has 2 aromatic carbocycles. The number of hydrogen-bond acceptors (Lipinski definition) is 7. The number of methoxy groups -OCH3 is 1. The second kappa shape index (κ2) is 11.2. The van der Waals surface area contributed by atoms with Crippen LogP contribution in [0.25, 0.3) is 6.08 Å². The molecule has 1 fully saturated rings. The Kier molecular flexibility index (Phi) is 8.37. The molecule has 33 heavy (non-hydrogen) atoms. The zero-order chi connectivity index (χ0) is 24.0. The fourth-order valence-electron chi connectivity index (χ4n) is 3.00. The van der Waals surface area contributed by atoms with Crippen molar-refractivity contribution in [2.24, 2.45) is 0 Å². The number of carboxylic acid groups (broad SMARTS) is 1. The Labute approximate surface area is 200 Å². The molecular formula is C23H22ClNO7S. The van der Waals surface area contributed by atoms with Gasteiger partial charge >= 0.3 is 5.97 Å². The molecule has 3 rings (SSSR count). The van der Waals surface area contributed by atoms with Crippen LogP contribution in [0.5, 0.6) is 11.5 Å². The number of benzene rings is 2. The summed E-state index contributed by atoms with van der Waals surface area (Å²) in [5.74, 6) is -0.680. The monoisotopic (exact) mass is 491 g/mol.